The molecule has 2 N–H and O–H groups in total. The van der Waals surface area contributed by atoms with Gasteiger partial charge in [0, 0.05) is 16.5 Å². The molecule has 0 fully saturated rings. The van der Waals surface area contributed by atoms with Crippen molar-refractivity contribution in [3.8, 4) is 5.69 Å². The molecule has 1 heterocycles. The van der Waals surface area contributed by atoms with E-state index in [0.29, 0.717) is 0 Å². The fourth-order valence-corrected chi connectivity index (χ4v) is 3.34. The van der Waals surface area contributed by atoms with Gasteiger partial charge in [0.15, 0.2) is 5.11 Å². The van der Waals surface area contributed by atoms with Gasteiger partial charge in [-0.15, -0.1) is 15.0 Å². The number of hydrogen-bond donors (Lipinski definition) is 2. The summed E-state index contributed by atoms with van der Waals surface area (Å²) in [6.45, 7) is 7.49. The van der Waals surface area contributed by atoms with E-state index in [4.69, 9.17) is 12.2 Å². The molecule has 0 spiro atoms. The van der Waals surface area contributed by atoms with Crippen LogP contribution in [0.3, 0.4) is 0 Å². The van der Waals surface area contributed by atoms with E-state index in [2.05, 4.69) is 39.0 Å². The smallest absolute Gasteiger partial charge is 0.231 e. The first kappa shape index (κ1) is 20.0. The second-order valence-electron chi connectivity index (χ2n) is 8.30. The Morgan fingerprint density at radius 2 is 1.67 bits per heavy atom. The van der Waals surface area contributed by atoms with Crippen LogP contribution in [-0.2, 0) is 4.79 Å². The number of benzene rings is 3. The molecule has 0 unspecified atom stereocenters. The summed E-state index contributed by atoms with van der Waals surface area (Å²) < 4.78 is 0. The topological polar surface area (TPSA) is 71.8 Å². The van der Waals surface area contributed by atoms with Gasteiger partial charge >= 0.3 is 0 Å². The lowest BCUT2D eigenvalue weighted by Crippen LogP contribution is -2.41. The van der Waals surface area contributed by atoms with Crippen LogP contribution in [0.4, 0.5) is 5.69 Å². The van der Waals surface area contributed by atoms with E-state index in [9.17, 15) is 4.79 Å². The van der Waals surface area contributed by atoms with Gasteiger partial charge in [-0.05, 0) is 48.3 Å². The maximum absolute atomic E-state index is 12.2. The molecular formula is C23H23N5OS. The highest BCUT2D eigenvalue weighted by Crippen LogP contribution is 2.25. The molecule has 1 amide bonds. The molecular weight excluding hydrogens is 394 g/mol. The zero-order valence-electron chi connectivity index (χ0n) is 17.4. The number of carbonyl (C=O) groups is 1. The molecule has 1 aromatic heterocycles. The molecule has 0 aliphatic rings. The predicted molar refractivity (Wildman–Crippen MR) is 125 cm³/mol. The minimum absolute atomic E-state index is 0.138. The maximum Gasteiger partial charge on any atom is 0.231 e. The largest absolute Gasteiger partial charge is 0.332 e. The van der Waals surface area contributed by atoms with Crippen LogP contribution in [-0.4, -0.2) is 26.0 Å². The summed E-state index contributed by atoms with van der Waals surface area (Å²) >= 11 is 5.31. The molecule has 3 aromatic carbocycles. The lowest BCUT2D eigenvalue weighted by Gasteiger charge is -2.19. The van der Waals surface area contributed by atoms with Gasteiger partial charge in [0.05, 0.1) is 5.69 Å². The van der Waals surface area contributed by atoms with Gasteiger partial charge < -0.3 is 10.6 Å². The molecule has 4 aromatic rings. The lowest BCUT2D eigenvalue weighted by molar-refractivity contribution is -0.126. The van der Waals surface area contributed by atoms with Crippen molar-refractivity contribution in [2.45, 2.75) is 27.7 Å². The average molecular weight is 418 g/mol. The van der Waals surface area contributed by atoms with Crippen molar-refractivity contribution >= 4 is 50.7 Å². The molecule has 30 heavy (non-hydrogen) atoms. The third-order valence-electron chi connectivity index (χ3n) is 4.87. The first-order valence-electron chi connectivity index (χ1n) is 9.71. The second kappa shape index (κ2) is 7.50. The number of amides is 1. The van der Waals surface area contributed by atoms with Gasteiger partial charge in [0.25, 0.3) is 0 Å². The predicted octanol–water partition coefficient (Wildman–Crippen LogP) is 4.74. The van der Waals surface area contributed by atoms with Crippen molar-refractivity contribution in [1.29, 1.82) is 0 Å². The highest BCUT2D eigenvalue weighted by Gasteiger charge is 2.22. The number of rotatable bonds is 2. The molecule has 0 aliphatic heterocycles. The molecule has 0 saturated heterocycles. The van der Waals surface area contributed by atoms with Crippen LogP contribution < -0.4 is 10.6 Å². The Kier molecular flexibility index (Phi) is 4.99. The SMILES string of the molecule is Cc1cc2nn(-c3cccc4ccccc34)nc2cc1NC(=S)NC(=O)C(C)(C)C. The number of nitrogens with zero attached hydrogens (tertiary/aromatic N) is 3. The summed E-state index contributed by atoms with van der Waals surface area (Å²) in [5.74, 6) is -0.138. The summed E-state index contributed by atoms with van der Waals surface area (Å²) in [7, 11) is 0. The first-order chi connectivity index (χ1) is 14.2. The molecule has 6 nitrogen and oxygen atoms in total. The van der Waals surface area contributed by atoms with Gasteiger partial charge in [-0.3, -0.25) is 4.79 Å². The number of hydrogen-bond acceptors (Lipinski definition) is 4. The maximum atomic E-state index is 12.2. The number of aryl methyl sites for hydroxylation is 1. The van der Waals surface area contributed by atoms with E-state index in [1.165, 1.54) is 0 Å². The van der Waals surface area contributed by atoms with Crippen LogP contribution in [0.25, 0.3) is 27.5 Å². The molecule has 0 atom stereocenters. The molecule has 152 valence electrons. The van der Waals surface area contributed by atoms with Crippen LogP contribution in [0.1, 0.15) is 26.3 Å². The van der Waals surface area contributed by atoms with Crippen LogP contribution in [0.15, 0.2) is 54.6 Å². The van der Waals surface area contributed by atoms with E-state index in [0.717, 1.165) is 38.7 Å². The molecule has 7 heteroatoms. The van der Waals surface area contributed by atoms with E-state index < -0.39 is 5.41 Å². The fourth-order valence-electron chi connectivity index (χ4n) is 3.14. The summed E-state index contributed by atoms with van der Waals surface area (Å²) in [5, 5.41) is 17.7. The minimum Gasteiger partial charge on any atom is -0.332 e. The quantitative estimate of drug-likeness (QED) is 0.461. The van der Waals surface area contributed by atoms with Gasteiger partial charge in [0.1, 0.15) is 11.0 Å². The van der Waals surface area contributed by atoms with E-state index in [-0.39, 0.29) is 11.0 Å². The number of fused-ring (bicyclic) bond motifs is 2. The molecule has 0 saturated carbocycles. The van der Waals surface area contributed by atoms with Gasteiger partial charge in [-0.2, -0.15) is 0 Å². The monoisotopic (exact) mass is 417 g/mol. The Hall–Kier alpha value is -3.32. The van der Waals surface area contributed by atoms with Crippen LogP contribution in [0.5, 0.6) is 0 Å². The van der Waals surface area contributed by atoms with Crippen molar-refractivity contribution in [2.24, 2.45) is 5.41 Å². The van der Waals surface area contributed by atoms with Gasteiger partial charge in [-0.25, -0.2) is 0 Å². The van der Waals surface area contributed by atoms with Crippen LogP contribution in [0.2, 0.25) is 0 Å². The van der Waals surface area contributed by atoms with Crippen molar-refractivity contribution in [1.82, 2.24) is 20.3 Å². The standard InChI is InChI=1S/C23H23N5OS/c1-14-12-18-19(13-17(14)24-22(30)25-21(29)23(2,3)4)27-28(26-18)20-11-7-9-15-8-5-6-10-16(15)20/h5-13H,1-4H3,(H2,24,25,29,30). The first-order valence-corrected chi connectivity index (χ1v) is 10.1. The highest BCUT2D eigenvalue weighted by atomic mass is 32.1. The van der Waals surface area contributed by atoms with Crippen LogP contribution in [0, 0.1) is 12.3 Å². The zero-order valence-corrected chi connectivity index (χ0v) is 18.2. The molecule has 0 radical (unpaired) electrons. The molecule has 4 rings (SSSR count). The average Bonchev–Trinajstić information content (AvgIpc) is 3.09. The Bertz CT molecular complexity index is 1280. The van der Waals surface area contributed by atoms with Gasteiger partial charge in [0.2, 0.25) is 5.91 Å². The van der Waals surface area contributed by atoms with E-state index >= 15 is 0 Å². The number of nitrogens with one attached hydrogen (secondary N) is 2. The number of carbonyl (C=O) groups excluding carboxylic acids is 1. The normalized spacial score (nSPS) is 11.6. The van der Waals surface area contributed by atoms with Gasteiger partial charge in [-0.1, -0.05) is 57.2 Å². The summed E-state index contributed by atoms with van der Waals surface area (Å²) in [6.07, 6.45) is 0. The summed E-state index contributed by atoms with van der Waals surface area (Å²) in [4.78, 5) is 13.8. The van der Waals surface area contributed by atoms with Crippen molar-refractivity contribution in [2.75, 3.05) is 5.32 Å². The third kappa shape index (κ3) is 3.89. The van der Waals surface area contributed by atoms with E-state index in [1.54, 1.807) is 4.80 Å². The number of thiocarbonyl (C=S) groups is 1. The fraction of sp³-hybridized carbons (Fsp3) is 0.217. The third-order valence-corrected chi connectivity index (χ3v) is 5.07. The Balaban J connectivity index is 1.66. The second-order valence-corrected chi connectivity index (χ2v) is 8.71. The highest BCUT2D eigenvalue weighted by molar-refractivity contribution is 7.80. The number of aromatic nitrogens is 3. The number of anilines is 1. The van der Waals surface area contributed by atoms with Crippen molar-refractivity contribution < 1.29 is 4.79 Å². The lowest BCUT2D eigenvalue weighted by atomic mass is 9.96. The van der Waals surface area contributed by atoms with Crippen LogP contribution >= 0.6 is 12.2 Å². The Labute approximate surface area is 180 Å². The minimum atomic E-state index is -0.522. The molecule has 0 aliphatic carbocycles. The summed E-state index contributed by atoms with van der Waals surface area (Å²) in [5.41, 5.74) is 3.67. The van der Waals surface area contributed by atoms with E-state index in [1.807, 2.05) is 64.1 Å². The van der Waals surface area contributed by atoms with Crippen molar-refractivity contribution in [3.05, 3.63) is 60.2 Å². The Morgan fingerprint density at radius 3 is 2.40 bits per heavy atom. The summed E-state index contributed by atoms with van der Waals surface area (Å²) in [6, 6.07) is 18.1. The molecule has 0 bridgehead atoms. The van der Waals surface area contributed by atoms with Crippen molar-refractivity contribution in [3.63, 3.8) is 0 Å². The Morgan fingerprint density at radius 1 is 1.00 bits per heavy atom. The zero-order chi connectivity index (χ0) is 21.5.